The van der Waals surface area contributed by atoms with Crippen molar-refractivity contribution in [1.29, 1.82) is 0 Å². The Bertz CT molecular complexity index is 968. The van der Waals surface area contributed by atoms with Crippen LogP contribution in [0.15, 0.2) is 18.3 Å². The second kappa shape index (κ2) is 7.76. The number of amides is 1. The van der Waals surface area contributed by atoms with Crippen molar-refractivity contribution in [2.75, 3.05) is 39.1 Å². The van der Waals surface area contributed by atoms with Crippen molar-refractivity contribution in [3.05, 3.63) is 29.7 Å². The summed E-state index contributed by atoms with van der Waals surface area (Å²) < 4.78 is 32.2. The first kappa shape index (κ1) is 19.3. The highest BCUT2D eigenvalue weighted by Gasteiger charge is 2.32. The number of ether oxygens (including phenoxy) is 1. The molecule has 4 heterocycles. The Morgan fingerprint density at radius 3 is 2.75 bits per heavy atom. The first-order valence-corrected chi connectivity index (χ1v) is 11.4. The molecule has 0 saturated carbocycles. The minimum Gasteiger partial charge on any atom is -0.381 e. The lowest BCUT2D eigenvalue weighted by atomic mass is 10.0. The van der Waals surface area contributed by atoms with Crippen molar-refractivity contribution >= 4 is 21.6 Å². The summed E-state index contributed by atoms with van der Waals surface area (Å²) in [6.07, 6.45) is 5.58. The molecule has 0 unspecified atom stereocenters. The lowest BCUT2D eigenvalue weighted by molar-refractivity contribution is 0.0642. The van der Waals surface area contributed by atoms with Gasteiger partial charge in [-0.1, -0.05) is 0 Å². The van der Waals surface area contributed by atoms with Crippen LogP contribution in [-0.4, -0.2) is 72.3 Å². The topological polar surface area (TPSA) is 106 Å². The van der Waals surface area contributed by atoms with Gasteiger partial charge in [0, 0.05) is 45.0 Å². The van der Waals surface area contributed by atoms with Gasteiger partial charge in [-0.3, -0.25) is 9.20 Å². The third-order valence-electron chi connectivity index (χ3n) is 5.57. The van der Waals surface area contributed by atoms with Crippen molar-refractivity contribution in [2.45, 2.75) is 25.2 Å². The van der Waals surface area contributed by atoms with E-state index in [-0.39, 0.29) is 11.8 Å². The van der Waals surface area contributed by atoms with Crippen molar-refractivity contribution in [3.8, 4) is 0 Å². The van der Waals surface area contributed by atoms with Gasteiger partial charge >= 0.3 is 0 Å². The average molecular weight is 407 g/mol. The van der Waals surface area contributed by atoms with Crippen molar-refractivity contribution < 1.29 is 17.9 Å². The van der Waals surface area contributed by atoms with Gasteiger partial charge < -0.3 is 10.1 Å². The van der Waals surface area contributed by atoms with Crippen LogP contribution in [0.5, 0.6) is 0 Å². The zero-order valence-electron chi connectivity index (χ0n) is 15.9. The van der Waals surface area contributed by atoms with E-state index in [0.717, 1.165) is 26.1 Å². The van der Waals surface area contributed by atoms with Crippen LogP contribution in [0.4, 0.5) is 0 Å². The van der Waals surface area contributed by atoms with Crippen LogP contribution in [0.1, 0.15) is 41.4 Å². The van der Waals surface area contributed by atoms with Crippen molar-refractivity contribution in [3.63, 3.8) is 0 Å². The molecule has 0 bridgehead atoms. The van der Waals surface area contributed by atoms with Gasteiger partial charge in [-0.15, -0.1) is 10.2 Å². The molecule has 2 aliphatic rings. The van der Waals surface area contributed by atoms with Crippen LogP contribution in [-0.2, 0) is 14.8 Å². The van der Waals surface area contributed by atoms with Crippen LogP contribution >= 0.6 is 0 Å². The Hall–Kier alpha value is -2.04. The number of aromatic nitrogens is 3. The highest BCUT2D eigenvalue weighted by molar-refractivity contribution is 7.88. The fourth-order valence-electron chi connectivity index (χ4n) is 3.85. The Balaban J connectivity index is 1.49. The third-order valence-corrected chi connectivity index (χ3v) is 6.84. The van der Waals surface area contributed by atoms with E-state index in [1.807, 2.05) is 0 Å². The Kier molecular flexibility index (Phi) is 5.35. The van der Waals surface area contributed by atoms with Crippen molar-refractivity contribution in [2.24, 2.45) is 5.92 Å². The van der Waals surface area contributed by atoms with Gasteiger partial charge in [0.05, 0.1) is 11.8 Å². The lowest BCUT2D eigenvalue weighted by Gasteiger charge is -2.22. The molecular weight excluding hydrogens is 382 g/mol. The van der Waals surface area contributed by atoms with Crippen LogP contribution in [0.3, 0.4) is 0 Å². The molecule has 2 aromatic rings. The zero-order valence-corrected chi connectivity index (χ0v) is 16.7. The predicted octanol–water partition coefficient (Wildman–Crippen LogP) is 0.635. The summed E-state index contributed by atoms with van der Waals surface area (Å²) >= 11 is 0. The normalized spacial score (nSPS) is 22.0. The number of hydrogen-bond acceptors (Lipinski definition) is 6. The second-order valence-corrected chi connectivity index (χ2v) is 9.56. The van der Waals surface area contributed by atoms with Crippen molar-refractivity contribution in [1.82, 2.24) is 24.2 Å². The molecule has 4 rings (SSSR count). The molecule has 9 nitrogen and oxygen atoms in total. The number of nitrogens with zero attached hydrogens (tertiary/aromatic N) is 4. The number of pyridine rings is 1. The van der Waals surface area contributed by atoms with E-state index in [1.165, 1.54) is 10.6 Å². The molecule has 0 aliphatic carbocycles. The Morgan fingerprint density at radius 1 is 1.25 bits per heavy atom. The van der Waals surface area contributed by atoms with Crippen LogP contribution < -0.4 is 5.32 Å². The molecule has 28 heavy (non-hydrogen) atoms. The summed E-state index contributed by atoms with van der Waals surface area (Å²) in [7, 11) is -3.22. The van der Waals surface area contributed by atoms with E-state index < -0.39 is 10.0 Å². The van der Waals surface area contributed by atoms with Crippen LogP contribution in [0.25, 0.3) is 5.65 Å². The first-order chi connectivity index (χ1) is 13.4. The Morgan fingerprint density at radius 2 is 2.04 bits per heavy atom. The largest absolute Gasteiger partial charge is 0.381 e. The molecule has 0 aromatic carbocycles. The summed E-state index contributed by atoms with van der Waals surface area (Å²) in [6, 6.07) is 3.51. The molecule has 2 aliphatic heterocycles. The van der Waals surface area contributed by atoms with Gasteiger partial charge in [-0.25, -0.2) is 12.7 Å². The molecule has 2 fully saturated rings. The van der Waals surface area contributed by atoms with Gasteiger partial charge in [-0.2, -0.15) is 0 Å². The first-order valence-electron chi connectivity index (χ1n) is 9.57. The number of carbonyl (C=O) groups excluding carboxylic acids is 1. The second-order valence-electron chi connectivity index (χ2n) is 7.58. The maximum absolute atomic E-state index is 12.6. The van der Waals surface area contributed by atoms with E-state index >= 15 is 0 Å². The molecule has 1 atom stereocenters. The maximum atomic E-state index is 12.6. The smallest absolute Gasteiger partial charge is 0.252 e. The molecule has 10 heteroatoms. The number of fused-ring (bicyclic) bond motifs is 1. The van der Waals surface area contributed by atoms with Gasteiger partial charge in [0.2, 0.25) is 10.0 Å². The number of hydrogen-bond donors (Lipinski definition) is 1. The number of sulfonamides is 1. The monoisotopic (exact) mass is 407 g/mol. The van der Waals surface area contributed by atoms with E-state index in [4.69, 9.17) is 4.74 Å². The molecular formula is C18H25N5O4S. The minimum atomic E-state index is -3.22. The highest BCUT2D eigenvalue weighted by atomic mass is 32.2. The van der Waals surface area contributed by atoms with Gasteiger partial charge in [0.25, 0.3) is 5.91 Å². The fourth-order valence-corrected chi connectivity index (χ4v) is 4.74. The summed E-state index contributed by atoms with van der Waals surface area (Å²) in [4.78, 5) is 12.6. The highest BCUT2D eigenvalue weighted by Crippen LogP contribution is 2.28. The predicted molar refractivity (Wildman–Crippen MR) is 103 cm³/mol. The number of nitrogens with one attached hydrogen (secondary N) is 1. The molecule has 2 aromatic heterocycles. The molecule has 2 saturated heterocycles. The molecule has 0 radical (unpaired) electrons. The summed E-state index contributed by atoms with van der Waals surface area (Å²) in [5.41, 5.74) is 1.19. The third kappa shape index (κ3) is 4.03. The number of rotatable bonds is 5. The summed E-state index contributed by atoms with van der Waals surface area (Å²) in [5, 5.41) is 11.4. The van der Waals surface area contributed by atoms with Crippen LogP contribution in [0.2, 0.25) is 0 Å². The minimum absolute atomic E-state index is 0.0368. The molecule has 152 valence electrons. The zero-order chi connectivity index (χ0) is 19.7. The van der Waals surface area contributed by atoms with E-state index in [1.54, 1.807) is 22.7 Å². The summed E-state index contributed by atoms with van der Waals surface area (Å²) in [6.45, 7) is 3.01. The Labute approximate surface area is 164 Å². The van der Waals surface area contributed by atoms with E-state index in [2.05, 4.69) is 15.5 Å². The van der Waals surface area contributed by atoms with Gasteiger partial charge in [0.15, 0.2) is 5.65 Å². The SMILES string of the molecule is CS(=O)(=O)N1CC[C@@H](c2nnc3ccc(C(=O)NCC4CCOCC4)cn23)C1. The standard InChI is InChI=1S/C18H25N5O4S/c1-28(25,26)22-7-4-14(11-22)17-21-20-16-3-2-15(12-23(16)17)18(24)19-10-13-5-8-27-9-6-13/h2-3,12-14H,4-11H2,1H3,(H,19,24)/t14-/m1/s1. The molecule has 1 N–H and O–H groups in total. The molecule has 1 amide bonds. The van der Waals surface area contributed by atoms with Gasteiger partial charge in [-0.05, 0) is 37.3 Å². The quantitative estimate of drug-likeness (QED) is 0.780. The lowest BCUT2D eigenvalue weighted by Crippen LogP contribution is -2.32. The average Bonchev–Trinajstić information content (AvgIpc) is 3.33. The van der Waals surface area contributed by atoms with Crippen LogP contribution in [0, 0.1) is 5.92 Å². The van der Waals surface area contributed by atoms with E-state index in [0.29, 0.717) is 49.0 Å². The molecule has 0 spiro atoms. The van der Waals surface area contributed by atoms with E-state index in [9.17, 15) is 13.2 Å². The van der Waals surface area contributed by atoms with Gasteiger partial charge in [0.1, 0.15) is 5.82 Å². The summed E-state index contributed by atoms with van der Waals surface area (Å²) in [5.74, 6) is 0.982. The maximum Gasteiger partial charge on any atom is 0.252 e. The number of carbonyl (C=O) groups is 1. The fraction of sp³-hybridized carbons (Fsp3) is 0.611.